The largest absolute Gasteiger partial charge is 0.349 e. The minimum Gasteiger partial charge on any atom is -0.349 e. The summed E-state index contributed by atoms with van der Waals surface area (Å²) in [4.78, 5) is 13.7. The van der Waals surface area contributed by atoms with Crippen molar-refractivity contribution >= 4 is 17.7 Å². The van der Waals surface area contributed by atoms with Crippen molar-refractivity contribution in [3.8, 4) is 0 Å². The third-order valence-electron chi connectivity index (χ3n) is 4.94. The second-order valence-corrected chi connectivity index (χ2v) is 7.40. The quantitative estimate of drug-likeness (QED) is 0.844. The molecular formula is C17H18FNOS. The second kappa shape index (κ2) is 5.16. The van der Waals surface area contributed by atoms with E-state index in [0.29, 0.717) is 11.8 Å². The Bertz CT molecular complexity index is 615. The van der Waals surface area contributed by atoms with Crippen LogP contribution in [-0.2, 0) is 4.79 Å². The van der Waals surface area contributed by atoms with Crippen molar-refractivity contribution in [3.05, 3.63) is 41.7 Å². The van der Waals surface area contributed by atoms with Crippen molar-refractivity contribution in [1.82, 2.24) is 5.32 Å². The first kappa shape index (κ1) is 13.4. The molecule has 21 heavy (non-hydrogen) atoms. The summed E-state index contributed by atoms with van der Waals surface area (Å²) in [6, 6.07) is 4.87. The summed E-state index contributed by atoms with van der Waals surface area (Å²) in [5, 5.41) is 3.18. The van der Waals surface area contributed by atoms with Crippen molar-refractivity contribution in [3.63, 3.8) is 0 Å². The van der Waals surface area contributed by atoms with Gasteiger partial charge in [0.2, 0.25) is 5.91 Å². The Morgan fingerprint density at radius 2 is 2.19 bits per heavy atom. The molecule has 4 rings (SSSR count). The molecule has 1 aromatic rings. The van der Waals surface area contributed by atoms with Gasteiger partial charge in [0.15, 0.2) is 0 Å². The van der Waals surface area contributed by atoms with Crippen LogP contribution in [0.3, 0.4) is 0 Å². The molecule has 2 bridgehead atoms. The Morgan fingerprint density at radius 3 is 2.95 bits per heavy atom. The number of hydrogen-bond donors (Lipinski definition) is 1. The first-order chi connectivity index (χ1) is 10.2. The zero-order valence-electron chi connectivity index (χ0n) is 11.7. The van der Waals surface area contributed by atoms with Crippen molar-refractivity contribution in [2.45, 2.75) is 30.2 Å². The van der Waals surface area contributed by atoms with E-state index in [2.05, 4.69) is 17.5 Å². The molecule has 4 atom stereocenters. The first-order valence-electron chi connectivity index (χ1n) is 7.61. The molecule has 1 aliphatic heterocycles. The summed E-state index contributed by atoms with van der Waals surface area (Å²) < 4.78 is 13.5. The van der Waals surface area contributed by atoms with E-state index in [0.717, 1.165) is 35.5 Å². The molecule has 0 unspecified atom stereocenters. The van der Waals surface area contributed by atoms with Crippen LogP contribution in [0.15, 0.2) is 35.2 Å². The molecule has 0 spiro atoms. The third-order valence-corrected chi connectivity index (χ3v) is 6.07. The fourth-order valence-electron chi connectivity index (χ4n) is 3.88. The summed E-state index contributed by atoms with van der Waals surface area (Å²) in [7, 11) is 0. The van der Waals surface area contributed by atoms with Crippen LogP contribution >= 0.6 is 11.8 Å². The number of allylic oxidation sites excluding steroid dienone is 2. The molecule has 2 aliphatic carbocycles. The van der Waals surface area contributed by atoms with E-state index in [-0.39, 0.29) is 23.7 Å². The molecule has 3 aliphatic rings. The number of benzene rings is 1. The summed E-state index contributed by atoms with van der Waals surface area (Å²) in [6.45, 7) is 0. The summed E-state index contributed by atoms with van der Waals surface area (Å²) in [5.74, 6) is 2.03. The molecule has 0 aromatic heterocycles. The fourth-order valence-corrected chi connectivity index (χ4v) is 4.98. The van der Waals surface area contributed by atoms with E-state index in [1.54, 1.807) is 17.8 Å². The lowest BCUT2D eigenvalue weighted by molar-refractivity contribution is -0.126. The van der Waals surface area contributed by atoms with Crippen LogP contribution in [0.2, 0.25) is 0 Å². The Kier molecular flexibility index (Phi) is 3.29. The highest BCUT2D eigenvalue weighted by Gasteiger charge is 2.40. The highest BCUT2D eigenvalue weighted by molar-refractivity contribution is 7.99. The van der Waals surface area contributed by atoms with Crippen LogP contribution in [0, 0.1) is 23.6 Å². The lowest BCUT2D eigenvalue weighted by Gasteiger charge is -2.28. The molecule has 1 aromatic carbocycles. The van der Waals surface area contributed by atoms with Gasteiger partial charge in [-0.25, -0.2) is 4.39 Å². The molecule has 0 radical (unpaired) electrons. The van der Waals surface area contributed by atoms with Gasteiger partial charge in [0, 0.05) is 16.6 Å². The molecule has 2 nitrogen and oxygen atoms in total. The molecule has 4 heteroatoms. The number of hydrogen-bond acceptors (Lipinski definition) is 2. The number of halogens is 1. The smallest absolute Gasteiger partial charge is 0.224 e. The lowest BCUT2D eigenvalue weighted by atomic mass is 9.92. The number of rotatable bonds is 2. The molecule has 1 heterocycles. The van der Waals surface area contributed by atoms with Crippen LogP contribution in [0.25, 0.3) is 0 Å². The number of fused-ring (bicyclic) bond motifs is 3. The van der Waals surface area contributed by atoms with Crippen LogP contribution < -0.4 is 5.32 Å². The minimum absolute atomic E-state index is 0.0347. The molecule has 1 fully saturated rings. The zero-order chi connectivity index (χ0) is 14.4. The number of amides is 1. The standard InChI is InChI=1S/C17H18FNOS/c18-12-3-4-16-14(9-12)15(5-6-21-16)19-17(20)13-8-10-1-2-11(13)7-10/h1-4,9-11,13,15H,5-8H2,(H,19,20)/t10-,11-,13-,15+/m0/s1. The molecule has 1 N–H and O–H groups in total. The minimum atomic E-state index is -0.224. The molecule has 110 valence electrons. The maximum absolute atomic E-state index is 13.5. The zero-order valence-corrected chi connectivity index (χ0v) is 12.5. The van der Waals surface area contributed by atoms with Crippen molar-refractivity contribution in [2.75, 3.05) is 5.75 Å². The van der Waals surface area contributed by atoms with E-state index in [4.69, 9.17) is 0 Å². The van der Waals surface area contributed by atoms with Gasteiger partial charge in [0.1, 0.15) is 5.82 Å². The highest BCUT2D eigenvalue weighted by atomic mass is 32.2. The van der Waals surface area contributed by atoms with E-state index < -0.39 is 0 Å². The predicted octanol–water partition coefficient (Wildman–Crippen LogP) is 3.69. The maximum atomic E-state index is 13.5. The molecular weight excluding hydrogens is 285 g/mol. The fraction of sp³-hybridized carbons (Fsp3) is 0.471. The number of carbonyl (C=O) groups is 1. The Balaban J connectivity index is 1.52. The monoisotopic (exact) mass is 303 g/mol. The van der Waals surface area contributed by atoms with Crippen molar-refractivity contribution in [1.29, 1.82) is 0 Å². The van der Waals surface area contributed by atoms with Gasteiger partial charge in [-0.05, 0) is 54.9 Å². The summed E-state index contributed by atoms with van der Waals surface area (Å²) >= 11 is 1.74. The van der Waals surface area contributed by atoms with E-state index in [9.17, 15) is 9.18 Å². The van der Waals surface area contributed by atoms with Crippen LogP contribution in [0.5, 0.6) is 0 Å². The second-order valence-electron chi connectivity index (χ2n) is 6.27. The van der Waals surface area contributed by atoms with Gasteiger partial charge in [-0.15, -0.1) is 11.8 Å². The number of thioether (sulfide) groups is 1. The van der Waals surface area contributed by atoms with Gasteiger partial charge < -0.3 is 5.32 Å². The normalized spacial score (nSPS) is 33.0. The summed E-state index contributed by atoms with van der Waals surface area (Å²) in [5.41, 5.74) is 0.943. The van der Waals surface area contributed by atoms with Gasteiger partial charge in [0.25, 0.3) is 0 Å². The van der Waals surface area contributed by atoms with Crippen LogP contribution in [0.1, 0.15) is 30.9 Å². The SMILES string of the molecule is O=C(N[C@@H]1CCSc2ccc(F)cc21)[C@H]1C[C@H]2C=C[C@H]1C2. The average molecular weight is 303 g/mol. The maximum Gasteiger partial charge on any atom is 0.224 e. The number of carbonyl (C=O) groups excluding carboxylic acids is 1. The van der Waals surface area contributed by atoms with E-state index in [1.165, 1.54) is 6.07 Å². The van der Waals surface area contributed by atoms with Gasteiger partial charge in [-0.2, -0.15) is 0 Å². The topological polar surface area (TPSA) is 29.1 Å². The Morgan fingerprint density at radius 1 is 1.29 bits per heavy atom. The molecule has 1 saturated carbocycles. The van der Waals surface area contributed by atoms with Gasteiger partial charge in [-0.3, -0.25) is 4.79 Å². The Labute approximate surface area is 128 Å². The van der Waals surface area contributed by atoms with Crippen molar-refractivity contribution < 1.29 is 9.18 Å². The summed E-state index contributed by atoms with van der Waals surface area (Å²) in [6.07, 6.45) is 7.43. The van der Waals surface area contributed by atoms with Gasteiger partial charge in [0.05, 0.1) is 6.04 Å². The lowest BCUT2D eigenvalue weighted by Crippen LogP contribution is -2.36. The van der Waals surface area contributed by atoms with Crippen LogP contribution in [0.4, 0.5) is 4.39 Å². The highest BCUT2D eigenvalue weighted by Crippen LogP contribution is 2.44. The average Bonchev–Trinajstić information content (AvgIpc) is 3.10. The molecule has 0 saturated heterocycles. The predicted molar refractivity (Wildman–Crippen MR) is 81.5 cm³/mol. The molecule has 1 amide bonds. The van der Waals surface area contributed by atoms with E-state index in [1.807, 2.05) is 6.07 Å². The van der Waals surface area contributed by atoms with Crippen molar-refractivity contribution in [2.24, 2.45) is 17.8 Å². The van der Waals surface area contributed by atoms with Gasteiger partial charge >= 0.3 is 0 Å². The Hall–Kier alpha value is -1.29. The van der Waals surface area contributed by atoms with Crippen LogP contribution in [-0.4, -0.2) is 11.7 Å². The van der Waals surface area contributed by atoms with Gasteiger partial charge in [-0.1, -0.05) is 12.2 Å². The third kappa shape index (κ3) is 2.39. The van der Waals surface area contributed by atoms with E-state index >= 15 is 0 Å². The first-order valence-corrected chi connectivity index (χ1v) is 8.60. The number of nitrogens with one attached hydrogen (secondary N) is 1.